The van der Waals surface area contributed by atoms with Gasteiger partial charge in [0, 0.05) is 4.47 Å². The number of nitrogens with two attached hydrogens (primary N) is 1. The van der Waals surface area contributed by atoms with Crippen LogP contribution in [0.1, 0.15) is 18.1 Å². The van der Waals surface area contributed by atoms with Crippen LogP contribution in [0.4, 0.5) is 0 Å². The zero-order valence-corrected chi connectivity index (χ0v) is 11.5. The van der Waals surface area contributed by atoms with Crippen LogP contribution in [-0.4, -0.2) is 15.5 Å². The van der Waals surface area contributed by atoms with Gasteiger partial charge in [0.25, 0.3) is 0 Å². The van der Waals surface area contributed by atoms with Gasteiger partial charge in [-0.1, -0.05) is 15.9 Å². The maximum Gasteiger partial charge on any atom is 0.237 e. The maximum atomic E-state index is 11.1. The van der Waals surface area contributed by atoms with Gasteiger partial charge < -0.3 is 10.3 Å². The number of rotatable bonds is 3. The molecule has 17 heavy (non-hydrogen) atoms. The molecule has 1 amide bonds. The number of nitrogens with zero attached hydrogens (tertiary/aromatic N) is 2. The minimum Gasteiger partial charge on any atom is -0.368 e. The van der Waals surface area contributed by atoms with E-state index in [-0.39, 0.29) is 11.9 Å². The van der Waals surface area contributed by atoms with Gasteiger partial charge in [0.1, 0.15) is 12.4 Å². The average molecular weight is 317 g/mol. The van der Waals surface area contributed by atoms with Gasteiger partial charge in [0.2, 0.25) is 5.91 Å². The topological polar surface area (TPSA) is 60.9 Å². The highest BCUT2D eigenvalue weighted by Crippen LogP contribution is 2.26. The third kappa shape index (κ3) is 2.45. The third-order valence-corrected chi connectivity index (χ3v) is 3.10. The Morgan fingerprint density at radius 1 is 1.65 bits per heavy atom. The number of primary amides is 1. The molecule has 0 bridgehead atoms. The molecular weight excluding hydrogens is 305 g/mol. The lowest BCUT2D eigenvalue weighted by Crippen LogP contribution is -2.20. The standard InChI is InChI=1S/C11H11BrClN3O/c1-6(13)11-15-8-4-7(12)2-3-9(8)16(11)5-10(14)17/h2-4,6H,5H2,1H3,(H2,14,17). The fourth-order valence-corrected chi connectivity index (χ4v) is 2.26. The van der Waals surface area contributed by atoms with Gasteiger partial charge in [-0.25, -0.2) is 4.98 Å². The monoisotopic (exact) mass is 315 g/mol. The van der Waals surface area contributed by atoms with Crippen LogP contribution in [0.2, 0.25) is 0 Å². The summed E-state index contributed by atoms with van der Waals surface area (Å²) >= 11 is 9.44. The van der Waals surface area contributed by atoms with Crippen molar-refractivity contribution in [3.8, 4) is 0 Å². The predicted octanol–water partition coefficient (Wildman–Crippen LogP) is 2.58. The van der Waals surface area contributed by atoms with E-state index in [1.165, 1.54) is 0 Å². The van der Waals surface area contributed by atoms with Gasteiger partial charge in [-0.15, -0.1) is 11.6 Å². The number of alkyl halides is 1. The summed E-state index contributed by atoms with van der Waals surface area (Å²) in [5.74, 6) is 0.240. The number of hydrogen-bond acceptors (Lipinski definition) is 2. The number of aromatic nitrogens is 2. The Morgan fingerprint density at radius 3 is 2.94 bits per heavy atom. The number of amides is 1. The zero-order valence-electron chi connectivity index (χ0n) is 9.15. The van der Waals surface area contributed by atoms with Crippen LogP contribution < -0.4 is 5.73 Å². The molecule has 6 heteroatoms. The molecule has 0 aliphatic carbocycles. The lowest BCUT2D eigenvalue weighted by Gasteiger charge is -2.07. The molecule has 0 aliphatic rings. The second kappa shape index (κ2) is 4.66. The minimum atomic E-state index is -0.411. The molecule has 1 aromatic heterocycles. The second-order valence-corrected chi connectivity index (χ2v) is 5.34. The second-order valence-electron chi connectivity index (χ2n) is 3.77. The van der Waals surface area contributed by atoms with Crippen molar-refractivity contribution in [2.75, 3.05) is 0 Å². The first-order chi connectivity index (χ1) is 7.99. The van der Waals surface area contributed by atoms with Crippen LogP contribution in [-0.2, 0) is 11.3 Å². The molecule has 1 heterocycles. The van der Waals surface area contributed by atoms with Gasteiger partial charge in [-0.3, -0.25) is 4.79 Å². The molecular formula is C11H11BrClN3O. The number of carbonyl (C=O) groups is 1. The minimum absolute atomic E-state index is 0.0878. The van der Waals surface area contributed by atoms with E-state index in [0.717, 1.165) is 15.5 Å². The number of fused-ring (bicyclic) bond motifs is 1. The first kappa shape index (κ1) is 12.4. The van der Waals surface area contributed by atoms with Crippen LogP contribution in [0.25, 0.3) is 11.0 Å². The number of carbonyl (C=O) groups excluding carboxylic acids is 1. The Kier molecular flexibility index (Phi) is 3.40. The predicted molar refractivity (Wildman–Crippen MR) is 70.9 cm³/mol. The van der Waals surface area contributed by atoms with Gasteiger partial charge in [0.05, 0.1) is 16.4 Å². The van der Waals surface area contributed by atoms with Crippen LogP contribution in [0.3, 0.4) is 0 Å². The van der Waals surface area contributed by atoms with Crippen molar-refractivity contribution in [3.63, 3.8) is 0 Å². The Labute approximate surface area is 112 Å². The highest BCUT2D eigenvalue weighted by Gasteiger charge is 2.16. The molecule has 0 fully saturated rings. The SMILES string of the molecule is CC(Cl)c1nc2cc(Br)ccc2n1CC(N)=O. The van der Waals surface area contributed by atoms with Crippen molar-refractivity contribution in [3.05, 3.63) is 28.5 Å². The Morgan fingerprint density at radius 2 is 2.35 bits per heavy atom. The molecule has 2 aromatic rings. The number of halogens is 2. The van der Waals surface area contributed by atoms with E-state index in [1.807, 2.05) is 25.1 Å². The van der Waals surface area contributed by atoms with Crippen molar-refractivity contribution in [1.29, 1.82) is 0 Å². The molecule has 0 saturated heterocycles. The summed E-state index contributed by atoms with van der Waals surface area (Å²) in [6, 6.07) is 5.66. The van der Waals surface area contributed by atoms with Gasteiger partial charge in [-0.05, 0) is 25.1 Å². The van der Waals surface area contributed by atoms with Gasteiger partial charge >= 0.3 is 0 Å². The van der Waals surface area contributed by atoms with Crippen molar-refractivity contribution in [2.45, 2.75) is 18.8 Å². The van der Waals surface area contributed by atoms with Crippen LogP contribution in [0, 0.1) is 0 Å². The third-order valence-electron chi connectivity index (χ3n) is 2.41. The van der Waals surface area contributed by atoms with Crippen molar-refractivity contribution in [2.24, 2.45) is 5.73 Å². The summed E-state index contributed by atoms with van der Waals surface area (Å²) in [5.41, 5.74) is 6.88. The maximum absolute atomic E-state index is 11.1. The van der Waals surface area contributed by atoms with E-state index in [9.17, 15) is 4.79 Å². The van der Waals surface area contributed by atoms with Gasteiger partial charge in [-0.2, -0.15) is 0 Å². The average Bonchev–Trinajstić information content (AvgIpc) is 2.55. The van der Waals surface area contributed by atoms with Crippen molar-refractivity contribution >= 4 is 44.5 Å². The fraction of sp³-hybridized carbons (Fsp3) is 0.273. The Balaban J connectivity index is 2.66. The van der Waals surface area contributed by atoms with E-state index >= 15 is 0 Å². The number of hydrogen-bond donors (Lipinski definition) is 1. The molecule has 2 N–H and O–H groups in total. The quantitative estimate of drug-likeness (QED) is 0.885. The molecule has 0 aliphatic heterocycles. The summed E-state index contributed by atoms with van der Waals surface area (Å²) in [4.78, 5) is 15.5. The first-order valence-corrected chi connectivity index (χ1v) is 6.30. The van der Waals surface area contributed by atoms with Crippen LogP contribution in [0.15, 0.2) is 22.7 Å². The van der Waals surface area contributed by atoms with Gasteiger partial charge in [0.15, 0.2) is 0 Å². The van der Waals surface area contributed by atoms with E-state index in [2.05, 4.69) is 20.9 Å². The van der Waals surface area contributed by atoms with Crippen molar-refractivity contribution in [1.82, 2.24) is 9.55 Å². The summed E-state index contributed by atoms with van der Waals surface area (Å²) in [6.45, 7) is 1.90. The smallest absolute Gasteiger partial charge is 0.237 e. The summed E-state index contributed by atoms with van der Waals surface area (Å²) in [6.07, 6.45) is 0. The molecule has 4 nitrogen and oxygen atoms in total. The largest absolute Gasteiger partial charge is 0.368 e. The van der Waals surface area contributed by atoms with E-state index in [1.54, 1.807) is 4.57 Å². The van der Waals surface area contributed by atoms with E-state index in [0.29, 0.717) is 5.82 Å². The molecule has 1 atom stereocenters. The Hall–Kier alpha value is -1.07. The molecule has 0 saturated carbocycles. The molecule has 2 rings (SSSR count). The van der Waals surface area contributed by atoms with Crippen LogP contribution in [0.5, 0.6) is 0 Å². The molecule has 0 spiro atoms. The van der Waals surface area contributed by atoms with Crippen molar-refractivity contribution < 1.29 is 4.79 Å². The number of benzene rings is 1. The summed E-state index contributed by atoms with van der Waals surface area (Å²) in [5, 5.41) is -0.277. The normalized spacial score (nSPS) is 12.9. The summed E-state index contributed by atoms with van der Waals surface area (Å²) < 4.78 is 2.68. The lowest BCUT2D eigenvalue weighted by molar-refractivity contribution is -0.118. The Bertz CT molecular complexity index is 579. The number of imidazole rings is 1. The van der Waals surface area contributed by atoms with E-state index < -0.39 is 5.91 Å². The highest BCUT2D eigenvalue weighted by molar-refractivity contribution is 9.10. The molecule has 0 radical (unpaired) electrons. The molecule has 90 valence electrons. The zero-order chi connectivity index (χ0) is 12.6. The lowest BCUT2D eigenvalue weighted by atomic mass is 10.3. The molecule has 1 unspecified atom stereocenters. The highest BCUT2D eigenvalue weighted by atomic mass is 79.9. The molecule has 1 aromatic carbocycles. The summed E-state index contributed by atoms with van der Waals surface area (Å²) in [7, 11) is 0. The van der Waals surface area contributed by atoms with Crippen LogP contribution >= 0.6 is 27.5 Å². The first-order valence-electron chi connectivity index (χ1n) is 5.07. The fourth-order valence-electron chi connectivity index (χ4n) is 1.75. The van der Waals surface area contributed by atoms with E-state index in [4.69, 9.17) is 17.3 Å².